The molecule has 0 aromatic heterocycles. The Morgan fingerprint density at radius 3 is 2.61 bits per heavy atom. The van der Waals surface area contributed by atoms with E-state index in [1.54, 1.807) is 4.90 Å². The number of urea groups is 1. The number of carboxylic acid groups (broad SMARTS) is 1. The summed E-state index contributed by atoms with van der Waals surface area (Å²) in [4.78, 5) is 24.3. The highest BCUT2D eigenvalue weighted by Gasteiger charge is 2.31. The van der Waals surface area contributed by atoms with E-state index in [0.717, 1.165) is 6.42 Å². The molecule has 0 heterocycles. The number of nitrogens with zero attached hydrogens (tertiary/aromatic N) is 1. The minimum absolute atomic E-state index is 0.0400. The molecule has 104 valence electrons. The topological polar surface area (TPSA) is 89.9 Å². The Hall–Kier alpha value is -1.30. The largest absolute Gasteiger partial charge is 0.481 e. The summed E-state index contributed by atoms with van der Waals surface area (Å²) in [5, 5.41) is 20.5. The van der Waals surface area contributed by atoms with Crippen LogP contribution in [-0.4, -0.2) is 52.9 Å². The van der Waals surface area contributed by atoms with Gasteiger partial charge in [-0.15, -0.1) is 0 Å². The van der Waals surface area contributed by atoms with Gasteiger partial charge in [0.05, 0.1) is 5.92 Å². The molecule has 0 aromatic carbocycles. The molecule has 1 aliphatic rings. The van der Waals surface area contributed by atoms with Crippen molar-refractivity contribution in [3.63, 3.8) is 0 Å². The molecular formula is C12H22N2O4. The SMILES string of the molecule is CCN(CCCO)C(=O)NC1CCC(C(=O)O)C1. The van der Waals surface area contributed by atoms with Gasteiger partial charge < -0.3 is 20.4 Å². The third kappa shape index (κ3) is 4.18. The molecule has 3 N–H and O–H groups in total. The number of rotatable bonds is 6. The van der Waals surface area contributed by atoms with Gasteiger partial charge in [0.25, 0.3) is 0 Å². The normalized spacial score (nSPS) is 22.8. The van der Waals surface area contributed by atoms with Crippen LogP contribution in [0.4, 0.5) is 4.79 Å². The van der Waals surface area contributed by atoms with E-state index >= 15 is 0 Å². The lowest BCUT2D eigenvalue weighted by molar-refractivity contribution is -0.141. The Bertz CT molecular complexity index is 296. The summed E-state index contributed by atoms with van der Waals surface area (Å²) in [6, 6.07) is -0.205. The van der Waals surface area contributed by atoms with Crippen LogP contribution in [0.3, 0.4) is 0 Å². The Morgan fingerprint density at radius 1 is 1.39 bits per heavy atom. The van der Waals surface area contributed by atoms with E-state index < -0.39 is 5.97 Å². The van der Waals surface area contributed by atoms with E-state index in [0.29, 0.717) is 32.4 Å². The van der Waals surface area contributed by atoms with Gasteiger partial charge in [0.1, 0.15) is 0 Å². The molecule has 0 bridgehead atoms. The Morgan fingerprint density at radius 2 is 2.11 bits per heavy atom. The second-order valence-electron chi connectivity index (χ2n) is 4.65. The number of carboxylic acids is 1. The number of nitrogens with one attached hydrogen (secondary N) is 1. The van der Waals surface area contributed by atoms with Gasteiger partial charge in [-0.1, -0.05) is 0 Å². The number of aliphatic hydroxyl groups excluding tert-OH is 1. The number of hydrogen-bond donors (Lipinski definition) is 3. The number of carbonyl (C=O) groups is 2. The predicted molar refractivity (Wildman–Crippen MR) is 66.2 cm³/mol. The quantitative estimate of drug-likeness (QED) is 0.652. The van der Waals surface area contributed by atoms with Crippen molar-refractivity contribution < 1.29 is 19.8 Å². The number of carbonyl (C=O) groups excluding carboxylic acids is 1. The highest BCUT2D eigenvalue weighted by molar-refractivity contribution is 5.75. The Kier molecular flexibility index (Phi) is 5.91. The molecule has 1 fully saturated rings. The van der Waals surface area contributed by atoms with Crippen molar-refractivity contribution in [2.75, 3.05) is 19.7 Å². The molecule has 0 radical (unpaired) electrons. The molecule has 0 aromatic rings. The molecule has 0 saturated heterocycles. The van der Waals surface area contributed by atoms with E-state index in [4.69, 9.17) is 10.2 Å². The van der Waals surface area contributed by atoms with Crippen molar-refractivity contribution in [3.05, 3.63) is 0 Å². The Balaban J connectivity index is 2.37. The zero-order valence-corrected chi connectivity index (χ0v) is 10.8. The van der Waals surface area contributed by atoms with Gasteiger partial charge in [-0.2, -0.15) is 0 Å². The lowest BCUT2D eigenvalue weighted by atomic mass is 10.1. The van der Waals surface area contributed by atoms with Crippen LogP contribution < -0.4 is 5.32 Å². The number of hydrogen-bond acceptors (Lipinski definition) is 3. The standard InChI is InChI=1S/C12H22N2O4/c1-2-14(6-3-7-15)12(18)13-10-5-4-9(8-10)11(16)17/h9-10,15H,2-8H2,1H3,(H,13,18)(H,16,17). The first-order valence-electron chi connectivity index (χ1n) is 6.47. The van der Waals surface area contributed by atoms with Gasteiger partial charge in [-0.3, -0.25) is 4.79 Å². The van der Waals surface area contributed by atoms with Crippen molar-refractivity contribution in [3.8, 4) is 0 Å². The van der Waals surface area contributed by atoms with E-state index in [1.165, 1.54) is 0 Å². The molecule has 1 aliphatic carbocycles. The van der Waals surface area contributed by atoms with Gasteiger partial charge in [0, 0.05) is 25.7 Å². The average molecular weight is 258 g/mol. The third-order valence-electron chi connectivity index (χ3n) is 3.36. The van der Waals surface area contributed by atoms with Crippen molar-refractivity contribution in [2.45, 2.75) is 38.6 Å². The van der Waals surface area contributed by atoms with Crippen LogP contribution in [0.25, 0.3) is 0 Å². The summed E-state index contributed by atoms with van der Waals surface area (Å²) in [6.07, 6.45) is 2.42. The Labute approximate surface area is 107 Å². The summed E-state index contributed by atoms with van der Waals surface area (Å²) < 4.78 is 0. The minimum atomic E-state index is -0.778. The third-order valence-corrected chi connectivity index (χ3v) is 3.36. The highest BCUT2D eigenvalue weighted by Crippen LogP contribution is 2.25. The van der Waals surface area contributed by atoms with Gasteiger partial charge in [-0.05, 0) is 32.6 Å². The number of aliphatic carboxylic acids is 1. The maximum Gasteiger partial charge on any atom is 0.317 e. The molecule has 1 saturated carbocycles. The summed E-state index contributed by atoms with van der Waals surface area (Å²) in [7, 11) is 0. The highest BCUT2D eigenvalue weighted by atomic mass is 16.4. The lowest BCUT2D eigenvalue weighted by Gasteiger charge is -2.23. The smallest absolute Gasteiger partial charge is 0.317 e. The summed E-state index contributed by atoms with van der Waals surface area (Å²) in [5.41, 5.74) is 0. The van der Waals surface area contributed by atoms with Crippen LogP contribution in [0.2, 0.25) is 0 Å². The first-order chi connectivity index (χ1) is 8.58. The van der Waals surface area contributed by atoms with Crippen LogP contribution in [0.5, 0.6) is 0 Å². The van der Waals surface area contributed by atoms with Crippen molar-refractivity contribution in [1.29, 1.82) is 0 Å². The molecule has 2 atom stereocenters. The first-order valence-corrected chi connectivity index (χ1v) is 6.47. The zero-order valence-electron chi connectivity index (χ0n) is 10.8. The molecule has 6 heteroatoms. The van der Waals surface area contributed by atoms with E-state index in [-0.39, 0.29) is 24.6 Å². The molecule has 0 spiro atoms. The molecular weight excluding hydrogens is 236 g/mol. The van der Waals surface area contributed by atoms with Crippen LogP contribution in [-0.2, 0) is 4.79 Å². The molecule has 0 aliphatic heterocycles. The molecule has 18 heavy (non-hydrogen) atoms. The second-order valence-corrected chi connectivity index (χ2v) is 4.65. The minimum Gasteiger partial charge on any atom is -0.481 e. The van der Waals surface area contributed by atoms with Crippen molar-refractivity contribution in [2.24, 2.45) is 5.92 Å². The molecule has 1 rings (SSSR count). The van der Waals surface area contributed by atoms with Crippen LogP contribution in [0, 0.1) is 5.92 Å². The zero-order chi connectivity index (χ0) is 13.5. The van der Waals surface area contributed by atoms with Crippen LogP contribution in [0.15, 0.2) is 0 Å². The molecule has 2 amide bonds. The summed E-state index contributed by atoms with van der Waals surface area (Å²) >= 11 is 0. The second kappa shape index (κ2) is 7.20. The summed E-state index contributed by atoms with van der Waals surface area (Å²) in [6.45, 7) is 3.05. The van der Waals surface area contributed by atoms with Gasteiger partial charge in [0.15, 0.2) is 0 Å². The first kappa shape index (κ1) is 14.8. The predicted octanol–water partition coefficient (Wildman–Crippen LogP) is 0.654. The number of amides is 2. The monoisotopic (exact) mass is 258 g/mol. The summed E-state index contributed by atoms with van der Waals surface area (Å²) in [5.74, 6) is -1.11. The fourth-order valence-corrected chi connectivity index (χ4v) is 2.27. The van der Waals surface area contributed by atoms with Crippen LogP contribution >= 0.6 is 0 Å². The number of aliphatic hydroxyl groups is 1. The average Bonchev–Trinajstić information content (AvgIpc) is 2.78. The lowest BCUT2D eigenvalue weighted by Crippen LogP contribution is -2.44. The van der Waals surface area contributed by atoms with Crippen molar-refractivity contribution in [1.82, 2.24) is 10.2 Å². The van der Waals surface area contributed by atoms with Crippen LogP contribution in [0.1, 0.15) is 32.6 Å². The maximum absolute atomic E-state index is 11.9. The van der Waals surface area contributed by atoms with Gasteiger partial charge >= 0.3 is 12.0 Å². The van der Waals surface area contributed by atoms with Gasteiger partial charge in [0.2, 0.25) is 0 Å². The fourth-order valence-electron chi connectivity index (χ4n) is 2.27. The van der Waals surface area contributed by atoms with Crippen molar-refractivity contribution >= 4 is 12.0 Å². The van der Waals surface area contributed by atoms with Gasteiger partial charge in [-0.25, -0.2) is 4.79 Å². The fraction of sp³-hybridized carbons (Fsp3) is 0.833. The molecule has 2 unspecified atom stereocenters. The van der Waals surface area contributed by atoms with E-state index in [1.807, 2.05) is 6.92 Å². The van der Waals surface area contributed by atoms with E-state index in [2.05, 4.69) is 5.32 Å². The van der Waals surface area contributed by atoms with E-state index in [9.17, 15) is 9.59 Å². The maximum atomic E-state index is 11.9. The molecule has 6 nitrogen and oxygen atoms in total.